The fourth-order valence-corrected chi connectivity index (χ4v) is 3.90. The maximum absolute atomic E-state index is 13.6. The minimum Gasteiger partial charge on any atom is -0.383 e. The highest BCUT2D eigenvalue weighted by Crippen LogP contribution is 2.38. The molecule has 0 aliphatic rings. The molecule has 1 atom stereocenters. The number of aryl methyl sites for hydroxylation is 2. The van der Waals surface area contributed by atoms with E-state index in [0.29, 0.717) is 16.7 Å². The van der Waals surface area contributed by atoms with E-state index in [1.165, 1.54) is 11.3 Å². The smallest absolute Gasteiger partial charge is 0.129 e. The molecule has 1 nitrogen and oxygen atoms in total. The molecule has 1 unspecified atom stereocenters. The topological polar surface area (TPSA) is 20.2 Å². The molecule has 0 saturated heterocycles. The number of rotatable bonds is 2. The Morgan fingerprint density at radius 3 is 2.17 bits per heavy atom. The van der Waals surface area contributed by atoms with Crippen molar-refractivity contribution in [1.82, 2.24) is 0 Å². The fourth-order valence-electron chi connectivity index (χ4n) is 1.80. The molecule has 5 heteroatoms. The van der Waals surface area contributed by atoms with E-state index < -0.39 is 6.10 Å². The number of aliphatic hydroxyl groups is 1. The summed E-state index contributed by atoms with van der Waals surface area (Å²) in [5.74, 6) is -0.209. The van der Waals surface area contributed by atoms with E-state index in [1.54, 1.807) is 26.0 Å². The van der Waals surface area contributed by atoms with Gasteiger partial charge >= 0.3 is 0 Å². The highest BCUT2D eigenvalue weighted by molar-refractivity contribution is 9.13. The van der Waals surface area contributed by atoms with E-state index in [9.17, 15) is 9.50 Å². The number of hydrogen-bond donors (Lipinski definition) is 1. The Morgan fingerprint density at radius 2 is 1.72 bits per heavy atom. The van der Waals surface area contributed by atoms with Crippen LogP contribution in [0.2, 0.25) is 0 Å². The molecule has 2 aromatic rings. The second-order valence-corrected chi connectivity index (χ2v) is 7.40. The van der Waals surface area contributed by atoms with Gasteiger partial charge < -0.3 is 5.11 Å². The van der Waals surface area contributed by atoms with Crippen molar-refractivity contribution in [3.05, 3.63) is 53.8 Å². The van der Waals surface area contributed by atoms with Crippen molar-refractivity contribution in [2.24, 2.45) is 0 Å². The first-order chi connectivity index (χ1) is 8.40. The summed E-state index contributed by atoms with van der Waals surface area (Å²) in [6.07, 6.45) is -0.726. The van der Waals surface area contributed by atoms with Crippen molar-refractivity contribution >= 4 is 43.2 Å². The van der Waals surface area contributed by atoms with E-state index in [-0.39, 0.29) is 5.82 Å². The molecule has 0 radical (unpaired) electrons. The van der Waals surface area contributed by atoms with Gasteiger partial charge in [-0.3, -0.25) is 0 Å². The Balaban J connectivity index is 2.42. The van der Waals surface area contributed by atoms with Gasteiger partial charge in [-0.2, -0.15) is 0 Å². The molecule has 0 saturated carbocycles. The van der Waals surface area contributed by atoms with Crippen LogP contribution >= 0.6 is 43.2 Å². The first kappa shape index (κ1) is 14.2. The van der Waals surface area contributed by atoms with Gasteiger partial charge in [-0.1, -0.05) is 12.1 Å². The van der Waals surface area contributed by atoms with Crippen LogP contribution in [-0.4, -0.2) is 5.11 Å². The monoisotopic (exact) mass is 392 g/mol. The number of aliphatic hydroxyl groups excluding tert-OH is 1. The van der Waals surface area contributed by atoms with Crippen LogP contribution in [0.4, 0.5) is 4.39 Å². The number of benzene rings is 1. The van der Waals surface area contributed by atoms with Crippen LogP contribution in [0.3, 0.4) is 0 Å². The molecule has 96 valence electrons. The molecule has 0 amide bonds. The van der Waals surface area contributed by atoms with Gasteiger partial charge in [0.25, 0.3) is 0 Å². The molecule has 2 rings (SSSR count). The van der Waals surface area contributed by atoms with Gasteiger partial charge in [0.2, 0.25) is 0 Å². The summed E-state index contributed by atoms with van der Waals surface area (Å²) in [6.45, 7) is 3.41. The van der Waals surface area contributed by atoms with Crippen LogP contribution in [0.15, 0.2) is 26.5 Å². The van der Waals surface area contributed by atoms with Crippen LogP contribution in [-0.2, 0) is 0 Å². The predicted molar refractivity (Wildman–Crippen MR) is 79.7 cm³/mol. The van der Waals surface area contributed by atoms with Gasteiger partial charge in [0.15, 0.2) is 0 Å². The number of halogens is 3. The van der Waals surface area contributed by atoms with E-state index in [1.807, 2.05) is 6.07 Å². The third-order valence-corrected chi connectivity index (χ3v) is 6.02. The summed E-state index contributed by atoms with van der Waals surface area (Å²) in [4.78, 5) is 0.819. The lowest BCUT2D eigenvalue weighted by molar-refractivity contribution is 0.224. The molecule has 1 N–H and O–H groups in total. The molecule has 1 aromatic carbocycles. The zero-order valence-electron chi connectivity index (χ0n) is 9.80. The van der Waals surface area contributed by atoms with Crippen LogP contribution in [0.25, 0.3) is 0 Å². The van der Waals surface area contributed by atoms with Gasteiger partial charge in [-0.05, 0) is 68.5 Å². The van der Waals surface area contributed by atoms with Crippen LogP contribution < -0.4 is 0 Å². The van der Waals surface area contributed by atoms with Crippen molar-refractivity contribution in [2.45, 2.75) is 20.0 Å². The minimum atomic E-state index is -0.726. The molecular formula is C13H11Br2FOS. The summed E-state index contributed by atoms with van der Waals surface area (Å²) in [5.41, 5.74) is 1.82. The first-order valence-corrected chi connectivity index (χ1v) is 7.70. The molecule has 0 aliphatic heterocycles. The molecule has 0 aliphatic carbocycles. The lowest BCUT2D eigenvalue weighted by Gasteiger charge is -2.12. The lowest BCUT2D eigenvalue weighted by atomic mass is 10.0. The van der Waals surface area contributed by atoms with Crippen molar-refractivity contribution in [3.63, 3.8) is 0 Å². The third kappa shape index (κ3) is 2.69. The maximum atomic E-state index is 13.6. The van der Waals surface area contributed by atoms with E-state index >= 15 is 0 Å². The van der Waals surface area contributed by atoms with Gasteiger partial charge in [-0.15, -0.1) is 11.3 Å². The van der Waals surface area contributed by atoms with E-state index in [4.69, 9.17) is 0 Å². The standard InChI is InChI=1S/C13H11Br2FOS/c1-6-3-8(4-7(2)11(6)16)12(17)10-5-9(14)13(15)18-10/h3-5,12,17H,1-2H3. The van der Waals surface area contributed by atoms with Crippen LogP contribution in [0.5, 0.6) is 0 Å². The summed E-state index contributed by atoms with van der Waals surface area (Å²) in [5, 5.41) is 10.3. The maximum Gasteiger partial charge on any atom is 0.129 e. The number of thiophene rings is 1. The second kappa shape index (κ2) is 5.41. The third-order valence-electron chi connectivity index (χ3n) is 2.71. The van der Waals surface area contributed by atoms with Crippen LogP contribution in [0, 0.1) is 19.7 Å². The lowest BCUT2D eigenvalue weighted by Crippen LogP contribution is -2.00. The molecule has 0 fully saturated rings. The molecule has 0 bridgehead atoms. The van der Waals surface area contributed by atoms with Crippen molar-refractivity contribution in [3.8, 4) is 0 Å². The van der Waals surface area contributed by atoms with E-state index in [0.717, 1.165) is 13.1 Å². The van der Waals surface area contributed by atoms with Gasteiger partial charge in [0.1, 0.15) is 11.9 Å². The van der Waals surface area contributed by atoms with Gasteiger partial charge in [0.05, 0.1) is 3.79 Å². The Labute approximate surface area is 126 Å². The molecular weight excluding hydrogens is 383 g/mol. The van der Waals surface area contributed by atoms with Gasteiger partial charge in [-0.25, -0.2) is 4.39 Å². The van der Waals surface area contributed by atoms with Crippen molar-refractivity contribution in [2.75, 3.05) is 0 Å². The van der Waals surface area contributed by atoms with Crippen molar-refractivity contribution < 1.29 is 9.50 Å². The zero-order valence-corrected chi connectivity index (χ0v) is 13.8. The van der Waals surface area contributed by atoms with E-state index in [2.05, 4.69) is 31.9 Å². The Bertz CT molecular complexity index is 552. The quantitative estimate of drug-likeness (QED) is 0.751. The number of hydrogen-bond acceptors (Lipinski definition) is 2. The molecule has 0 spiro atoms. The Kier molecular flexibility index (Phi) is 4.26. The first-order valence-electron chi connectivity index (χ1n) is 5.29. The Hall–Kier alpha value is -0.230. The zero-order chi connectivity index (χ0) is 13.4. The molecule has 1 aromatic heterocycles. The average molecular weight is 394 g/mol. The summed E-state index contributed by atoms with van der Waals surface area (Å²) >= 11 is 8.25. The molecule has 1 heterocycles. The highest BCUT2D eigenvalue weighted by Gasteiger charge is 2.17. The summed E-state index contributed by atoms with van der Waals surface area (Å²) in [6, 6.07) is 5.25. The summed E-state index contributed by atoms with van der Waals surface area (Å²) < 4.78 is 15.4. The summed E-state index contributed by atoms with van der Waals surface area (Å²) in [7, 11) is 0. The normalized spacial score (nSPS) is 12.8. The minimum absolute atomic E-state index is 0.209. The predicted octanol–water partition coefficient (Wildman–Crippen LogP) is 5.11. The second-order valence-electron chi connectivity index (χ2n) is 4.14. The van der Waals surface area contributed by atoms with Crippen LogP contribution in [0.1, 0.15) is 27.7 Å². The average Bonchev–Trinajstić information content (AvgIpc) is 2.65. The highest BCUT2D eigenvalue weighted by atomic mass is 79.9. The largest absolute Gasteiger partial charge is 0.383 e. The SMILES string of the molecule is Cc1cc(C(O)c2cc(Br)c(Br)s2)cc(C)c1F. The fraction of sp³-hybridized carbons (Fsp3) is 0.231. The molecule has 18 heavy (non-hydrogen) atoms. The van der Waals surface area contributed by atoms with Crippen molar-refractivity contribution in [1.29, 1.82) is 0 Å². The van der Waals surface area contributed by atoms with Gasteiger partial charge in [0, 0.05) is 9.35 Å². The Morgan fingerprint density at radius 1 is 1.17 bits per heavy atom.